The molecular weight excluding hydrogens is 204 g/mol. The van der Waals surface area contributed by atoms with Gasteiger partial charge in [-0.05, 0) is 11.6 Å². The van der Waals surface area contributed by atoms with Crippen LogP contribution in [0.3, 0.4) is 0 Å². The monoisotopic (exact) mass is 214 g/mol. The number of aliphatic hydroxyl groups excluding tert-OH is 1. The van der Waals surface area contributed by atoms with Gasteiger partial charge in [-0.15, -0.1) is 0 Å². The standard InChI is InChI=1S/C8H10N2O5/c9-3-7(12)4-1-5(10(14)15)8(13)6(11)2-4/h1-2,7,11-13H,3,9H2/t7-/m1/s1. The van der Waals surface area contributed by atoms with Crippen molar-refractivity contribution >= 4 is 5.69 Å². The Morgan fingerprint density at radius 2 is 2.07 bits per heavy atom. The van der Waals surface area contributed by atoms with Gasteiger partial charge in [0.2, 0.25) is 5.75 Å². The summed E-state index contributed by atoms with van der Waals surface area (Å²) in [6.07, 6.45) is -1.12. The second-order valence-corrected chi connectivity index (χ2v) is 2.92. The second-order valence-electron chi connectivity index (χ2n) is 2.92. The van der Waals surface area contributed by atoms with Crippen LogP contribution >= 0.6 is 0 Å². The number of nitro groups is 1. The summed E-state index contributed by atoms with van der Waals surface area (Å²) < 4.78 is 0. The van der Waals surface area contributed by atoms with E-state index in [0.717, 1.165) is 12.1 Å². The second kappa shape index (κ2) is 4.11. The first-order valence-electron chi connectivity index (χ1n) is 4.05. The summed E-state index contributed by atoms with van der Waals surface area (Å²) in [7, 11) is 0. The van der Waals surface area contributed by atoms with E-state index in [9.17, 15) is 15.2 Å². The van der Waals surface area contributed by atoms with Crippen LogP contribution < -0.4 is 5.73 Å². The van der Waals surface area contributed by atoms with Crippen LogP contribution in [0.1, 0.15) is 11.7 Å². The number of hydrogen-bond donors (Lipinski definition) is 4. The summed E-state index contributed by atoms with van der Waals surface area (Å²) >= 11 is 0. The molecule has 1 rings (SSSR count). The van der Waals surface area contributed by atoms with Crippen molar-refractivity contribution < 1.29 is 20.2 Å². The maximum absolute atomic E-state index is 10.5. The number of phenols is 2. The van der Waals surface area contributed by atoms with Crippen LogP contribution in [0.25, 0.3) is 0 Å². The summed E-state index contributed by atoms with van der Waals surface area (Å²) in [4.78, 5) is 9.60. The molecule has 0 spiro atoms. The molecule has 1 aromatic carbocycles. The zero-order chi connectivity index (χ0) is 11.6. The number of phenolic OH excluding ortho intramolecular Hbond substituents is 2. The number of benzene rings is 1. The van der Waals surface area contributed by atoms with E-state index in [0.29, 0.717) is 0 Å². The molecule has 1 aromatic rings. The fourth-order valence-corrected chi connectivity index (χ4v) is 1.09. The summed E-state index contributed by atoms with van der Waals surface area (Å²) in [6.45, 7) is -0.138. The molecule has 0 saturated carbocycles. The van der Waals surface area contributed by atoms with Gasteiger partial charge in [-0.25, -0.2) is 0 Å². The van der Waals surface area contributed by atoms with E-state index in [1.165, 1.54) is 0 Å². The minimum Gasteiger partial charge on any atom is -0.504 e. The molecule has 5 N–H and O–H groups in total. The van der Waals surface area contributed by atoms with Crippen LogP contribution in [0, 0.1) is 10.1 Å². The lowest BCUT2D eigenvalue weighted by Crippen LogP contribution is -2.11. The lowest BCUT2D eigenvalue weighted by atomic mass is 10.1. The number of rotatable bonds is 3. The smallest absolute Gasteiger partial charge is 0.315 e. The summed E-state index contributed by atoms with van der Waals surface area (Å²) in [5.41, 5.74) is 4.57. The quantitative estimate of drug-likeness (QED) is 0.318. The molecule has 7 nitrogen and oxygen atoms in total. The van der Waals surface area contributed by atoms with E-state index in [2.05, 4.69) is 0 Å². The van der Waals surface area contributed by atoms with E-state index in [-0.39, 0.29) is 12.1 Å². The maximum Gasteiger partial charge on any atom is 0.315 e. The molecule has 0 bridgehead atoms. The summed E-state index contributed by atoms with van der Waals surface area (Å²) in [5, 5.41) is 38.1. The van der Waals surface area contributed by atoms with E-state index in [4.69, 9.17) is 15.9 Å². The Bertz CT molecular complexity index is 393. The van der Waals surface area contributed by atoms with Crippen molar-refractivity contribution in [2.24, 2.45) is 5.73 Å². The van der Waals surface area contributed by atoms with Crippen molar-refractivity contribution in [1.29, 1.82) is 0 Å². The number of nitrogens with zero attached hydrogens (tertiary/aromatic N) is 1. The highest BCUT2D eigenvalue weighted by molar-refractivity contribution is 5.56. The van der Waals surface area contributed by atoms with Crippen LogP contribution in [0.5, 0.6) is 11.5 Å². The van der Waals surface area contributed by atoms with E-state index >= 15 is 0 Å². The molecule has 0 unspecified atom stereocenters. The third kappa shape index (κ3) is 2.14. The number of aliphatic hydroxyl groups is 1. The zero-order valence-corrected chi connectivity index (χ0v) is 7.62. The predicted molar refractivity (Wildman–Crippen MR) is 50.4 cm³/mol. The molecule has 0 fully saturated rings. The fraction of sp³-hybridized carbons (Fsp3) is 0.250. The van der Waals surface area contributed by atoms with Gasteiger partial charge in [0.25, 0.3) is 0 Å². The Balaban J connectivity index is 3.29. The Morgan fingerprint density at radius 3 is 2.53 bits per heavy atom. The Labute approximate surface area is 84.5 Å². The molecule has 0 saturated heterocycles. The molecule has 0 aliphatic rings. The van der Waals surface area contributed by atoms with Crippen molar-refractivity contribution in [2.45, 2.75) is 6.10 Å². The molecule has 15 heavy (non-hydrogen) atoms. The van der Waals surface area contributed by atoms with Gasteiger partial charge in [-0.1, -0.05) is 0 Å². The maximum atomic E-state index is 10.5. The molecule has 0 amide bonds. The molecule has 0 aliphatic carbocycles. The van der Waals surface area contributed by atoms with Crippen LogP contribution in [0.2, 0.25) is 0 Å². The van der Waals surface area contributed by atoms with Crippen molar-refractivity contribution in [1.82, 2.24) is 0 Å². The highest BCUT2D eigenvalue weighted by atomic mass is 16.6. The number of nitrogens with two attached hydrogens (primary N) is 1. The third-order valence-corrected chi connectivity index (χ3v) is 1.90. The predicted octanol–water partition coefficient (Wildman–Crippen LogP) is -0.00190. The summed E-state index contributed by atoms with van der Waals surface area (Å²) in [5.74, 6) is -1.49. The van der Waals surface area contributed by atoms with Crippen LogP contribution in [0.4, 0.5) is 5.69 Å². The van der Waals surface area contributed by atoms with Crippen molar-refractivity contribution in [2.75, 3.05) is 6.54 Å². The number of aromatic hydroxyl groups is 2. The van der Waals surface area contributed by atoms with E-state index in [1.807, 2.05) is 0 Å². The van der Waals surface area contributed by atoms with Gasteiger partial charge < -0.3 is 21.1 Å². The Morgan fingerprint density at radius 1 is 1.47 bits per heavy atom. The van der Waals surface area contributed by atoms with Crippen LogP contribution in [0.15, 0.2) is 12.1 Å². The van der Waals surface area contributed by atoms with Crippen molar-refractivity contribution in [3.63, 3.8) is 0 Å². The van der Waals surface area contributed by atoms with Crippen LogP contribution in [-0.4, -0.2) is 26.8 Å². The Kier molecular flexibility index (Phi) is 3.08. The highest BCUT2D eigenvalue weighted by Crippen LogP contribution is 2.37. The molecule has 0 aliphatic heterocycles. The first-order valence-corrected chi connectivity index (χ1v) is 4.05. The minimum atomic E-state index is -1.12. The van der Waals surface area contributed by atoms with Crippen LogP contribution in [-0.2, 0) is 0 Å². The average molecular weight is 214 g/mol. The first kappa shape index (κ1) is 11.2. The highest BCUT2D eigenvalue weighted by Gasteiger charge is 2.20. The first-order chi connectivity index (χ1) is 6.97. The lowest BCUT2D eigenvalue weighted by Gasteiger charge is -2.09. The lowest BCUT2D eigenvalue weighted by molar-refractivity contribution is -0.386. The van der Waals surface area contributed by atoms with E-state index in [1.54, 1.807) is 0 Å². The van der Waals surface area contributed by atoms with Gasteiger partial charge in [0, 0.05) is 12.6 Å². The van der Waals surface area contributed by atoms with Crippen molar-refractivity contribution in [3.8, 4) is 11.5 Å². The zero-order valence-electron chi connectivity index (χ0n) is 7.62. The normalized spacial score (nSPS) is 12.4. The van der Waals surface area contributed by atoms with Gasteiger partial charge >= 0.3 is 5.69 Å². The molecular formula is C8H10N2O5. The minimum absolute atomic E-state index is 0.0829. The largest absolute Gasteiger partial charge is 0.504 e. The van der Waals surface area contributed by atoms with Gasteiger partial charge in [0.05, 0.1) is 11.0 Å². The SMILES string of the molecule is NC[C@@H](O)c1cc(O)c(O)c([N+](=O)[O-])c1. The topological polar surface area (TPSA) is 130 Å². The van der Waals surface area contributed by atoms with Gasteiger partial charge in [0.15, 0.2) is 5.75 Å². The van der Waals surface area contributed by atoms with Gasteiger partial charge in [-0.3, -0.25) is 10.1 Å². The number of nitro benzene ring substituents is 1. The van der Waals surface area contributed by atoms with Gasteiger partial charge in [0.1, 0.15) is 0 Å². The molecule has 7 heteroatoms. The molecule has 0 aromatic heterocycles. The summed E-state index contributed by atoms with van der Waals surface area (Å²) in [6, 6.07) is 1.99. The molecule has 82 valence electrons. The Hall–Kier alpha value is -1.86. The third-order valence-electron chi connectivity index (χ3n) is 1.90. The van der Waals surface area contributed by atoms with E-state index < -0.39 is 28.2 Å². The fourth-order valence-electron chi connectivity index (χ4n) is 1.09. The number of hydrogen-bond acceptors (Lipinski definition) is 6. The van der Waals surface area contributed by atoms with Crippen molar-refractivity contribution in [3.05, 3.63) is 27.8 Å². The average Bonchev–Trinajstić information content (AvgIpc) is 2.20. The van der Waals surface area contributed by atoms with Gasteiger partial charge in [-0.2, -0.15) is 0 Å². The molecule has 0 heterocycles. The molecule has 1 atom stereocenters. The molecule has 0 radical (unpaired) electrons.